The fourth-order valence-corrected chi connectivity index (χ4v) is 2.18. The second kappa shape index (κ2) is 6.76. The van der Waals surface area contributed by atoms with Gasteiger partial charge in [-0.05, 0) is 42.5 Å². The summed E-state index contributed by atoms with van der Waals surface area (Å²) in [5.41, 5.74) is 1.19. The minimum absolute atomic E-state index is 0.366. The van der Waals surface area contributed by atoms with Crippen LogP contribution < -0.4 is 0 Å². The lowest BCUT2D eigenvalue weighted by atomic mass is 10.0. The third kappa shape index (κ3) is 4.90. The average Bonchev–Trinajstić information content (AvgIpc) is 2.46. The Morgan fingerprint density at radius 2 is 1.48 bits per heavy atom. The van der Waals surface area contributed by atoms with Gasteiger partial charge in [0.2, 0.25) is 0 Å². The summed E-state index contributed by atoms with van der Waals surface area (Å²) in [6, 6.07) is 14.8. The summed E-state index contributed by atoms with van der Waals surface area (Å²) in [6.45, 7) is 0. The number of hydrogen-bond donors (Lipinski definition) is 1. The Bertz CT molecular complexity index is 546. The van der Waals surface area contributed by atoms with Crippen LogP contribution in [-0.4, -0.2) is 11.2 Å². The van der Waals surface area contributed by atoms with Crippen molar-refractivity contribution in [3.63, 3.8) is 0 Å². The van der Waals surface area contributed by atoms with Crippen LogP contribution in [0.4, 0.5) is 13.2 Å². The molecule has 1 unspecified atom stereocenters. The van der Waals surface area contributed by atoms with Crippen molar-refractivity contribution in [3.05, 3.63) is 71.3 Å². The highest BCUT2D eigenvalue weighted by Crippen LogP contribution is 2.29. The Morgan fingerprint density at radius 1 is 0.857 bits per heavy atom. The minimum Gasteiger partial charge on any atom is -0.393 e. The SMILES string of the molecule is OC(CCc1ccccc1)Cc1ccc(C(F)(F)F)cc1. The van der Waals surface area contributed by atoms with Crippen molar-refractivity contribution in [3.8, 4) is 0 Å². The Kier molecular flexibility index (Phi) is 5.02. The summed E-state index contributed by atoms with van der Waals surface area (Å²) < 4.78 is 37.3. The third-order valence-electron chi connectivity index (χ3n) is 3.36. The van der Waals surface area contributed by atoms with Crippen molar-refractivity contribution >= 4 is 0 Å². The van der Waals surface area contributed by atoms with Gasteiger partial charge in [-0.15, -0.1) is 0 Å². The molecule has 1 atom stereocenters. The fourth-order valence-electron chi connectivity index (χ4n) is 2.18. The molecule has 1 nitrogen and oxygen atoms in total. The van der Waals surface area contributed by atoms with Gasteiger partial charge in [-0.25, -0.2) is 0 Å². The molecular formula is C17H17F3O. The van der Waals surface area contributed by atoms with Gasteiger partial charge in [-0.3, -0.25) is 0 Å². The minimum atomic E-state index is -4.32. The summed E-state index contributed by atoms with van der Waals surface area (Å²) in [4.78, 5) is 0. The maximum atomic E-state index is 12.4. The molecule has 0 radical (unpaired) electrons. The zero-order chi connectivity index (χ0) is 15.3. The second-order valence-corrected chi connectivity index (χ2v) is 5.08. The van der Waals surface area contributed by atoms with E-state index in [9.17, 15) is 18.3 Å². The van der Waals surface area contributed by atoms with Crippen LogP contribution in [0.1, 0.15) is 23.1 Å². The van der Waals surface area contributed by atoms with E-state index in [-0.39, 0.29) is 0 Å². The van der Waals surface area contributed by atoms with Gasteiger partial charge in [0.25, 0.3) is 0 Å². The van der Waals surface area contributed by atoms with Crippen molar-refractivity contribution in [1.29, 1.82) is 0 Å². The van der Waals surface area contributed by atoms with Crippen LogP contribution in [0.15, 0.2) is 54.6 Å². The van der Waals surface area contributed by atoms with E-state index in [1.807, 2.05) is 30.3 Å². The molecule has 0 bridgehead atoms. The molecule has 0 fully saturated rings. The number of benzene rings is 2. The van der Waals surface area contributed by atoms with E-state index in [0.717, 1.165) is 24.1 Å². The fraction of sp³-hybridized carbons (Fsp3) is 0.294. The Balaban J connectivity index is 1.86. The Hall–Kier alpha value is -1.81. The van der Waals surface area contributed by atoms with E-state index in [2.05, 4.69) is 0 Å². The number of aliphatic hydroxyl groups is 1. The van der Waals surface area contributed by atoms with Crippen molar-refractivity contribution in [1.82, 2.24) is 0 Å². The predicted molar refractivity (Wildman–Crippen MR) is 75.9 cm³/mol. The van der Waals surface area contributed by atoms with Crippen molar-refractivity contribution in [2.75, 3.05) is 0 Å². The summed E-state index contributed by atoms with van der Waals surface area (Å²) in [5.74, 6) is 0. The van der Waals surface area contributed by atoms with Gasteiger partial charge >= 0.3 is 6.18 Å². The number of aryl methyl sites for hydroxylation is 1. The van der Waals surface area contributed by atoms with Crippen LogP contribution >= 0.6 is 0 Å². The third-order valence-corrected chi connectivity index (χ3v) is 3.36. The van der Waals surface area contributed by atoms with E-state index >= 15 is 0 Å². The smallest absolute Gasteiger partial charge is 0.393 e. The molecule has 21 heavy (non-hydrogen) atoms. The lowest BCUT2D eigenvalue weighted by molar-refractivity contribution is -0.137. The lowest BCUT2D eigenvalue weighted by Crippen LogP contribution is -2.12. The van der Waals surface area contributed by atoms with Crippen LogP contribution in [0.5, 0.6) is 0 Å². The zero-order valence-electron chi connectivity index (χ0n) is 11.5. The van der Waals surface area contributed by atoms with Gasteiger partial charge in [-0.2, -0.15) is 13.2 Å². The highest BCUT2D eigenvalue weighted by atomic mass is 19.4. The number of alkyl halides is 3. The summed E-state index contributed by atoms with van der Waals surface area (Å²) in [5, 5.41) is 9.97. The monoisotopic (exact) mass is 294 g/mol. The number of aliphatic hydroxyl groups excluding tert-OH is 1. The molecule has 0 saturated carbocycles. The van der Waals surface area contributed by atoms with Crippen LogP contribution in [-0.2, 0) is 19.0 Å². The normalized spacial score (nSPS) is 13.1. The first-order chi connectivity index (χ1) is 9.95. The van der Waals surface area contributed by atoms with E-state index in [4.69, 9.17) is 0 Å². The summed E-state index contributed by atoms with van der Waals surface area (Å²) >= 11 is 0. The van der Waals surface area contributed by atoms with Crippen LogP contribution in [0.3, 0.4) is 0 Å². The van der Waals surface area contributed by atoms with Crippen LogP contribution in [0.2, 0.25) is 0 Å². The van der Waals surface area contributed by atoms with Gasteiger partial charge in [-0.1, -0.05) is 42.5 Å². The van der Waals surface area contributed by atoms with E-state index < -0.39 is 17.8 Å². The van der Waals surface area contributed by atoms with Crippen molar-refractivity contribution in [2.45, 2.75) is 31.5 Å². The molecule has 2 aromatic carbocycles. The zero-order valence-corrected chi connectivity index (χ0v) is 11.5. The van der Waals surface area contributed by atoms with Crippen molar-refractivity contribution in [2.24, 2.45) is 0 Å². The lowest BCUT2D eigenvalue weighted by Gasteiger charge is -2.12. The predicted octanol–water partition coefficient (Wildman–Crippen LogP) is 4.24. The van der Waals surface area contributed by atoms with Gasteiger partial charge in [0.05, 0.1) is 11.7 Å². The van der Waals surface area contributed by atoms with Gasteiger partial charge in [0, 0.05) is 0 Å². The van der Waals surface area contributed by atoms with Gasteiger partial charge < -0.3 is 5.11 Å². The largest absolute Gasteiger partial charge is 0.416 e. The van der Waals surface area contributed by atoms with E-state index in [0.29, 0.717) is 18.4 Å². The molecule has 112 valence electrons. The molecule has 1 N–H and O–H groups in total. The van der Waals surface area contributed by atoms with Crippen LogP contribution in [0.25, 0.3) is 0 Å². The molecule has 0 aromatic heterocycles. The molecular weight excluding hydrogens is 277 g/mol. The van der Waals surface area contributed by atoms with Gasteiger partial charge in [0.1, 0.15) is 0 Å². The maximum absolute atomic E-state index is 12.4. The number of rotatable bonds is 5. The molecule has 2 aromatic rings. The highest BCUT2D eigenvalue weighted by molar-refractivity contribution is 5.25. The maximum Gasteiger partial charge on any atom is 0.416 e. The molecule has 0 aliphatic carbocycles. The quantitative estimate of drug-likeness (QED) is 0.874. The van der Waals surface area contributed by atoms with E-state index in [1.54, 1.807) is 0 Å². The Labute approximate surface area is 122 Å². The topological polar surface area (TPSA) is 20.2 Å². The number of halogens is 3. The Morgan fingerprint density at radius 3 is 2.05 bits per heavy atom. The molecule has 4 heteroatoms. The molecule has 0 aliphatic heterocycles. The molecule has 2 rings (SSSR count). The van der Waals surface area contributed by atoms with Gasteiger partial charge in [0.15, 0.2) is 0 Å². The molecule has 0 amide bonds. The molecule has 0 saturated heterocycles. The molecule has 0 heterocycles. The van der Waals surface area contributed by atoms with E-state index in [1.165, 1.54) is 12.1 Å². The van der Waals surface area contributed by atoms with Crippen molar-refractivity contribution < 1.29 is 18.3 Å². The molecule has 0 spiro atoms. The standard InChI is InChI=1S/C17H17F3O/c18-17(19,20)15-9-6-14(7-10-15)12-16(21)11-8-13-4-2-1-3-5-13/h1-7,9-10,16,21H,8,11-12H2. The second-order valence-electron chi connectivity index (χ2n) is 5.08. The average molecular weight is 294 g/mol. The van der Waals surface area contributed by atoms with Crippen LogP contribution in [0, 0.1) is 0 Å². The first-order valence-corrected chi connectivity index (χ1v) is 6.83. The summed E-state index contributed by atoms with van der Waals surface area (Å²) in [6.07, 6.45) is -3.16. The summed E-state index contributed by atoms with van der Waals surface area (Å²) in [7, 11) is 0. The number of hydrogen-bond acceptors (Lipinski definition) is 1. The highest BCUT2D eigenvalue weighted by Gasteiger charge is 2.29. The molecule has 0 aliphatic rings. The first kappa shape index (κ1) is 15.6. The first-order valence-electron chi connectivity index (χ1n) is 6.83.